The van der Waals surface area contributed by atoms with Gasteiger partial charge in [0.1, 0.15) is 18.1 Å². The lowest BCUT2D eigenvalue weighted by atomic mass is 10.0. The van der Waals surface area contributed by atoms with E-state index in [-0.39, 0.29) is 24.3 Å². The minimum absolute atomic E-state index is 0.141. The standard InChI is InChI=1S/C10H16O4/c1-4-10(2,3)14-8(11)5-7-6-13-9(7)12/h7H,4-6H2,1-3H3/t7-/m0/s1. The van der Waals surface area contributed by atoms with Crippen molar-refractivity contribution < 1.29 is 19.1 Å². The van der Waals surface area contributed by atoms with Crippen molar-refractivity contribution in [2.45, 2.75) is 39.2 Å². The Balaban J connectivity index is 2.32. The van der Waals surface area contributed by atoms with Crippen LogP contribution >= 0.6 is 0 Å². The molecule has 0 aliphatic carbocycles. The summed E-state index contributed by atoms with van der Waals surface area (Å²) in [5, 5.41) is 0. The van der Waals surface area contributed by atoms with Crippen molar-refractivity contribution in [3.8, 4) is 0 Å². The zero-order valence-electron chi connectivity index (χ0n) is 8.83. The van der Waals surface area contributed by atoms with Crippen LogP contribution in [0.5, 0.6) is 0 Å². The molecule has 0 saturated carbocycles. The van der Waals surface area contributed by atoms with Crippen LogP contribution in [0.2, 0.25) is 0 Å². The van der Waals surface area contributed by atoms with Crippen molar-refractivity contribution in [2.75, 3.05) is 6.61 Å². The molecule has 80 valence electrons. The van der Waals surface area contributed by atoms with E-state index >= 15 is 0 Å². The Morgan fingerprint density at radius 3 is 2.64 bits per heavy atom. The average Bonchev–Trinajstić information content (AvgIpc) is 2.11. The van der Waals surface area contributed by atoms with Gasteiger partial charge in [0.25, 0.3) is 0 Å². The number of carbonyl (C=O) groups excluding carboxylic acids is 2. The largest absolute Gasteiger partial charge is 0.464 e. The van der Waals surface area contributed by atoms with Gasteiger partial charge >= 0.3 is 11.9 Å². The van der Waals surface area contributed by atoms with Gasteiger partial charge in [-0.2, -0.15) is 0 Å². The number of esters is 2. The first-order chi connectivity index (χ1) is 6.44. The van der Waals surface area contributed by atoms with E-state index in [1.54, 1.807) is 0 Å². The lowest BCUT2D eigenvalue weighted by molar-refractivity contribution is -0.176. The summed E-state index contributed by atoms with van der Waals surface area (Å²) in [4.78, 5) is 22.1. The molecule has 0 spiro atoms. The second-order valence-corrected chi connectivity index (χ2v) is 4.12. The molecule has 0 bridgehead atoms. The molecule has 4 heteroatoms. The Labute approximate surface area is 83.6 Å². The fraction of sp³-hybridized carbons (Fsp3) is 0.800. The van der Waals surface area contributed by atoms with E-state index in [2.05, 4.69) is 4.74 Å². The normalized spacial score (nSPS) is 21.1. The van der Waals surface area contributed by atoms with Crippen molar-refractivity contribution >= 4 is 11.9 Å². The van der Waals surface area contributed by atoms with Crippen molar-refractivity contribution in [1.29, 1.82) is 0 Å². The molecule has 1 aliphatic rings. The van der Waals surface area contributed by atoms with Crippen LogP contribution in [0.1, 0.15) is 33.6 Å². The highest BCUT2D eigenvalue weighted by Crippen LogP contribution is 2.20. The minimum atomic E-state index is -0.440. The molecule has 0 aromatic carbocycles. The molecular formula is C10H16O4. The Morgan fingerprint density at radius 1 is 1.64 bits per heavy atom. The van der Waals surface area contributed by atoms with Crippen LogP contribution in [-0.4, -0.2) is 24.1 Å². The van der Waals surface area contributed by atoms with Crippen LogP contribution in [-0.2, 0) is 19.1 Å². The van der Waals surface area contributed by atoms with E-state index in [0.29, 0.717) is 6.61 Å². The number of hydrogen-bond donors (Lipinski definition) is 0. The number of cyclic esters (lactones) is 1. The molecule has 1 atom stereocenters. The topological polar surface area (TPSA) is 52.6 Å². The Kier molecular flexibility index (Phi) is 3.13. The maximum Gasteiger partial charge on any atom is 0.313 e. The predicted octanol–water partition coefficient (Wildman–Crippen LogP) is 1.28. The van der Waals surface area contributed by atoms with E-state index < -0.39 is 5.60 Å². The van der Waals surface area contributed by atoms with Crippen molar-refractivity contribution in [3.05, 3.63) is 0 Å². The van der Waals surface area contributed by atoms with Gasteiger partial charge < -0.3 is 9.47 Å². The molecule has 14 heavy (non-hydrogen) atoms. The molecule has 0 radical (unpaired) electrons. The number of rotatable bonds is 4. The third-order valence-corrected chi connectivity index (χ3v) is 2.41. The monoisotopic (exact) mass is 200 g/mol. The van der Waals surface area contributed by atoms with Crippen LogP contribution < -0.4 is 0 Å². The van der Waals surface area contributed by atoms with Crippen LogP contribution in [0.25, 0.3) is 0 Å². The zero-order valence-corrected chi connectivity index (χ0v) is 8.83. The Hall–Kier alpha value is -1.06. The SMILES string of the molecule is CCC(C)(C)OC(=O)C[C@H]1COC1=O. The molecule has 1 fully saturated rings. The van der Waals surface area contributed by atoms with Crippen molar-refractivity contribution in [2.24, 2.45) is 5.92 Å². The van der Waals surface area contributed by atoms with Gasteiger partial charge in [0.05, 0.1) is 6.42 Å². The second-order valence-electron chi connectivity index (χ2n) is 4.12. The summed E-state index contributed by atoms with van der Waals surface area (Å²) in [6.07, 6.45) is 0.899. The molecular weight excluding hydrogens is 184 g/mol. The predicted molar refractivity (Wildman–Crippen MR) is 49.5 cm³/mol. The highest BCUT2D eigenvalue weighted by atomic mass is 16.6. The van der Waals surface area contributed by atoms with Gasteiger partial charge in [0, 0.05) is 0 Å². The van der Waals surface area contributed by atoms with E-state index in [4.69, 9.17) is 4.74 Å². The van der Waals surface area contributed by atoms with Gasteiger partial charge in [-0.05, 0) is 20.3 Å². The van der Waals surface area contributed by atoms with Crippen LogP contribution in [0.3, 0.4) is 0 Å². The first-order valence-electron chi connectivity index (χ1n) is 4.83. The van der Waals surface area contributed by atoms with E-state index in [9.17, 15) is 9.59 Å². The van der Waals surface area contributed by atoms with E-state index in [0.717, 1.165) is 6.42 Å². The van der Waals surface area contributed by atoms with Crippen molar-refractivity contribution in [3.63, 3.8) is 0 Å². The van der Waals surface area contributed by atoms with Gasteiger partial charge in [-0.25, -0.2) is 0 Å². The summed E-state index contributed by atoms with van der Waals surface area (Å²) in [6.45, 7) is 6.00. The molecule has 0 N–H and O–H groups in total. The van der Waals surface area contributed by atoms with Gasteiger partial charge in [0.2, 0.25) is 0 Å². The Bertz CT molecular complexity index is 245. The van der Waals surface area contributed by atoms with E-state index in [1.807, 2.05) is 20.8 Å². The lowest BCUT2D eigenvalue weighted by Gasteiger charge is -2.27. The highest BCUT2D eigenvalue weighted by Gasteiger charge is 2.34. The average molecular weight is 200 g/mol. The summed E-state index contributed by atoms with van der Waals surface area (Å²) < 4.78 is 9.75. The molecule has 1 heterocycles. The first-order valence-corrected chi connectivity index (χ1v) is 4.83. The van der Waals surface area contributed by atoms with Crippen LogP contribution in [0.15, 0.2) is 0 Å². The molecule has 0 aromatic heterocycles. The quantitative estimate of drug-likeness (QED) is 0.641. The van der Waals surface area contributed by atoms with Gasteiger partial charge in [0.15, 0.2) is 0 Å². The summed E-state index contributed by atoms with van der Waals surface area (Å²) in [5.41, 5.74) is -0.440. The van der Waals surface area contributed by atoms with Gasteiger partial charge in [-0.15, -0.1) is 0 Å². The minimum Gasteiger partial charge on any atom is -0.464 e. The molecule has 0 aromatic rings. The fourth-order valence-electron chi connectivity index (χ4n) is 1.03. The first kappa shape index (κ1) is 11.0. The highest BCUT2D eigenvalue weighted by molar-refractivity contribution is 5.83. The fourth-order valence-corrected chi connectivity index (χ4v) is 1.03. The van der Waals surface area contributed by atoms with Gasteiger partial charge in [-0.3, -0.25) is 9.59 Å². The Morgan fingerprint density at radius 2 is 2.29 bits per heavy atom. The molecule has 1 rings (SSSR count). The molecule has 4 nitrogen and oxygen atoms in total. The summed E-state index contributed by atoms with van der Waals surface area (Å²) in [7, 11) is 0. The zero-order chi connectivity index (χ0) is 10.8. The third kappa shape index (κ3) is 2.72. The number of ether oxygens (including phenoxy) is 2. The summed E-state index contributed by atoms with van der Waals surface area (Å²) in [5.74, 6) is -0.898. The maximum atomic E-state index is 11.3. The molecule has 1 aliphatic heterocycles. The second kappa shape index (κ2) is 3.98. The number of hydrogen-bond acceptors (Lipinski definition) is 4. The molecule has 0 amide bonds. The van der Waals surface area contributed by atoms with Gasteiger partial charge in [-0.1, -0.05) is 6.92 Å². The third-order valence-electron chi connectivity index (χ3n) is 2.41. The summed E-state index contributed by atoms with van der Waals surface area (Å²) >= 11 is 0. The van der Waals surface area contributed by atoms with Crippen molar-refractivity contribution in [1.82, 2.24) is 0 Å². The molecule has 0 unspecified atom stereocenters. The maximum absolute atomic E-state index is 11.3. The smallest absolute Gasteiger partial charge is 0.313 e. The lowest BCUT2D eigenvalue weighted by Crippen LogP contribution is -2.38. The molecule has 1 saturated heterocycles. The van der Waals surface area contributed by atoms with Crippen LogP contribution in [0.4, 0.5) is 0 Å². The number of carbonyl (C=O) groups is 2. The summed E-state index contributed by atoms with van der Waals surface area (Å²) in [6, 6.07) is 0. The van der Waals surface area contributed by atoms with E-state index in [1.165, 1.54) is 0 Å². The van der Waals surface area contributed by atoms with Crippen LogP contribution in [0, 0.1) is 5.92 Å².